The number of hydrazine groups is 1. The SMILES string of the molecule is CCOc1ccc(C(=O)NNC(=O)C(NC(=O)c2cc(OC)cc(OC)c2)C(C)C)cc1OC. The molecule has 0 fully saturated rings. The lowest BCUT2D eigenvalue weighted by Gasteiger charge is -2.22. The van der Waals surface area contributed by atoms with Gasteiger partial charge in [-0.15, -0.1) is 0 Å². The van der Waals surface area contributed by atoms with Gasteiger partial charge in [-0.3, -0.25) is 25.2 Å². The molecule has 2 rings (SSSR count). The Bertz CT molecular complexity index is 1000. The van der Waals surface area contributed by atoms with E-state index in [0.29, 0.717) is 29.6 Å². The van der Waals surface area contributed by atoms with Gasteiger partial charge in [0, 0.05) is 17.2 Å². The topological polar surface area (TPSA) is 124 Å². The van der Waals surface area contributed by atoms with E-state index in [0.717, 1.165) is 0 Å². The monoisotopic (exact) mass is 473 g/mol. The van der Waals surface area contributed by atoms with Gasteiger partial charge in [0.2, 0.25) is 0 Å². The van der Waals surface area contributed by atoms with E-state index in [1.54, 1.807) is 32.0 Å². The Hall–Kier alpha value is -3.95. The largest absolute Gasteiger partial charge is 0.497 e. The van der Waals surface area contributed by atoms with Crippen LogP contribution in [0.15, 0.2) is 36.4 Å². The molecule has 0 bridgehead atoms. The molecule has 0 saturated heterocycles. The second-order valence-corrected chi connectivity index (χ2v) is 7.54. The molecule has 10 nitrogen and oxygen atoms in total. The Morgan fingerprint density at radius 1 is 0.794 bits per heavy atom. The normalized spacial score (nSPS) is 11.3. The molecule has 0 spiro atoms. The molecule has 10 heteroatoms. The first-order valence-corrected chi connectivity index (χ1v) is 10.7. The summed E-state index contributed by atoms with van der Waals surface area (Å²) < 4.78 is 21.1. The van der Waals surface area contributed by atoms with Gasteiger partial charge in [0.25, 0.3) is 17.7 Å². The first-order valence-electron chi connectivity index (χ1n) is 10.7. The molecule has 34 heavy (non-hydrogen) atoms. The van der Waals surface area contributed by atoms with E-state index >= 15 is 0 Å². The zero-order chi connectivity index (χ0) is 25.3. The predicted octanol–water partition coefficient (Wildman–Crippen LogP) is 2.33. The summed E-state index contributed by atoms with van der Waals surface area (Å²) in [6.07, 6.45) is 0. The predicted molar refractivity (Wildman–Crippen MR) is 125 cm³/mol. The number of nitrogens with one attached hydrogen (secondary N) is 3. The van der Waals surface area contributed by atoms with Crippen LogP contribution in [-0.2, 0) is 4.79 Å². The minimum atomic E-state index is -0.917. The molecule has 0 aliphatic heterocycles. The van der Waals surface area contributed by atoms with Crippen LogP contribution >= 0.6 is 0 Å². The molecule has 2 aromatic carbocycles. The minimum absolute atomic E-state index is 0.259. The van der Waals surface area contributed by atoms with Gasteiger partial charge in [-0.25, -0.2) is 0 Å². The molecule has 0 aliphatic carbocycles. The summed E-state index contributed by atoms with van der Waals surface area (Å²) in [6, 6.07) is 8.45. The van der Waals surface area contributed by atoms with Crippen molar-refractivity contribution in [3.63, 3.8) is 0 Å². The fraction of sp³-hybridized carbons (Fsp3) is 0.375. The fourth-order valence-electron chi connectivity index (χ4n) is 3.05. The summed E-state index contributed by atoms with van der Waals surface area (Å²) in [6.45, 7) is 5.83. The van der Waals surface area contributed by atoms with Crippen molar-refractivity contribution in [3.05, 3.63) is 47.5 Å². The van der Waals surface area contributed by atoms with Crippen LogP contribution in [0.4, 0.5) is 0 Å². The molecule has 0 radical (unpaired) electrons. The standard InChI is InChI=1S/C24H31N3O7/c1-7-34-19-9-8-15(12-20(19)33-6)23(29)26-27-24(30)21(14(2)3)25-22(28)16-10-17(31-4)13-18(11-16)32-5/h8-14,21H,7H2,1-6H3,(H,25,28)(H,26,29)(H,27,30). The average Bonchev–Trinajstić information content (AvgIpc) is 2.85. The zero-order valence-corrected chi connectivity index (χ0v) is 20.2. The Morgan fingerprint density at radius 3 is 1.97 bits per heavy atom. The minimum Gasteiger partial charge on any atom is -0.497 e. The first-order chi connectivity index (χ1) is 16.2. The second kappa shape index (κ2) is 12.3. The number of carbonyl (C=O) groups excluding carboxylic acids is 3. The molecule has 1 atom stereocenters. The molecule has 0 heterocycles. The van der Waals surface area contributed by atoms with Gasteiger partial charge < -0.3 is 24.3 Å². The number of benzene rings is 2. The molecule has 0 aromatic heterocycles. The van der Waals surface area contributed by atoms with Gasteiger partial charge >= 0.3 is 0 Å². The number of carbonyl (C=O) groups is 3. The quantitative estimate of drug-likeness (QED) is 0.453. The van der Waals surface area contributed by atoms with Crippen molar-refractivity contribution in [3.8, 4) is 23.0 Å². The smallest absolute Gasteiger partial charge is 0.269 e. The van der Waals surface area contributed by atoms with Gasteiger partial charge in [0.1, 0.15) is 17.5 Å². The van der Waals surface area contributed by atoms with Crippen LogP contribution in [0.2, 0.25) is 0 Å². The van der Waals surface area contributed by atoms with Crippen molar-refractivity contribution in [1.82, 2.24) is 16.2 Å². The number of rotatable bonds is 10. The molecule has 0 aliphatic rings. The molecule has 2 aromatic rings. The van der Waals surface area contributed by atoms with E-state index in [1.165, 1.54) is 39.5 Å². The van der Waals surface area contributed by atoms with Gasteiger partial charge in [0.05, 0.1) is 27.9 Å². The van der Waals surface area contributed by atoms with Crippen molar-refractivity contribution >= 4 is 17.7 Å². The van der Waals surface area contributed by atoms with Crippen LogP contribution in [-0.4, -0.2) is 51.7 Å². The van der Waals surface area contributed by atoms with Crippen molar-refractivity contribution in [2.24, 2.45) is 5.92 Å². The van der Waals surface area contributed by atoms with Gasteiger partial charge in [-0.2, -0.15) is 0 Å². The molecule has 1 unspecified atom stereocenters. The average molecular weight is 474 g/mol. The van der Waals surface area contributed by atoms with E-state index in [-0.39, 0.29) is 17.0 Å². The highest BCUT2D eigenvalue weighted by molar-refractivity contribution is 5.99. The van der Waals surface area contributed by atoms with Crippen LogP contribution in [0, 0.1) is 5.92 Å². The van der Waals surface area contributed by atoms with E-state index in [1.807, 2.05) is 6.92 Å². The molecule has 0 saturated carbocycles. The third-order valence-corrected chi connectivity index (χ3v) is 4.87. The third-order valence-electron chi connectivity index (χ3n) is 4.87. The lowest BCUT2D eigenvalue weighted by Crippen LogP contribution is -2.54. The number of hydrogen-bond donors (Lipinski definition) is 3. The maximum Gasteiger partial charge on any atom is 0.269 e. The summed E-state index contributed by atoms with van der Waals surface area (Å²) in [5.74, 6) is -0.122. The number of hydrogen-bond acceptors (Lipinski definition) is 7. The highest BCUT2D eigenvalue weighted by Crippen LogP contribution is 2.28. The molecular weight excluding hydrogens is 442 g/mol. The summed E-state index contributed by atoms with van der Waals surface area (Å²) in [5, 5.41) is 2.69. The number of ether oxygens (including phenoxy) is 4. The van der Waals surface area contributed by atoms with Gasteiger partial charge in [-0.1, -0.05) is 13.8 Å². The lowest BCUT2D eigenvalue weighted by atomic mass is 10.0. The number of amides is 3. The maximum atomic E-state index is 12.8. The molecule has 3 amide bonds. The zero-order valence-electron chi connectivity index (χ0n) is 20.2. The Labute approximate surface area is 198 Å². The van der Waals surface area contributed by atoms with E-state index in [4.69, 9.17) is 18.9 Å². The van der Waals surface area contributed by atoms with Crippen molar-refractivity contribution < 1.29 is 33.3 Å². The fourth-order valence-corrected chi connectivity index (χ4v) is 3.05. The third kappa shape index (κ3) is 6.77. The molecular formula is C24H31N3O7. The highest BCUT2D eigenvalue weighted by atomic mass is 16.5. The molecule has 184 valence electrons. The van der Waals surface area contributed by atoms with Crippen LogP contribution < -0.4 is 35.1 Å². The Morgan fingerprint density at radius 2 is 1.44 bits per heavy atom. The summed E-state index contributed by atoms with van der Waals surface area (Å²) in [7, 11) is 4.42. The van der Waals surface area contributed by atoms with Crippen LogP contribution in [0.3, 0.4) is 0 Å². The Balaban J connectivity index is 2.08. The van der Waals surface area contributed by atoms with Crippen LogP contribution in [0.5, 0.6) is 23.0 Å². The van der Waals surface area contributed by atoms with Crippen molar-refractivity contribution in [2.75, 3.05) is 27.9 Å². The maximum absolute atomic E-state index is 12.8. The lowest BCUT2D eigenvalue weighted by molar-refractivity contribution is -0.124. The number of methoxy groups -OCH3 is 3. The Kier molecular flexibility index (Phi) is 9.54. The summed E-state index contributed by atoms with van der Waals surface area (Å²) in [4.78, 5) is 38.1. The van der Waals surface area contributed by atoms with E-state index in [2.05, 4.69) is 16.2 Å². The summed E-state index contributed by atoms with van der Waals surface area (Å²) in [5.41, 5.74) is 5.25. The van der Waals surface area contributed by atoms with E-state index in [9.17, 15) is 14.4 Å². The van der Waals surface area contributed by atoms with Crippen LogP contribution in [0.1, 0.15) is 41.5 Å². The highest BCUT2D eigenvalue weighted by Gasteiger charge is 2.26. The van der Waals surface area contributed by atoms with Gasteiger partial charge in [0.15, 0.2) is 11.5 Å². The summed E-state index contributed by atoms with van der Waals surface area (Å²) >= 11 is 0. The first kappa shape index (κ1) is 26.3. The van der Waals surface area contributed by atoms with Crippen molar-refractivity contribution in [1.29, 1.82) is 0 Å². The second-order valence-electron chi connectivity index (χ2n) is 7.54. The van der Waals surface area contributed by atoms with Crippen LogP contribution in [0.25, 0.3) is 0 Å². The molecule has 3 N–H and O–H groups in total. The van der Waals surface area contributed by atoms with E-state index < -0.39 is 23.8 Å². The van der Waals surface area contributed by atoms with Crippen molar-refractivity contribution in [2.45, 2.75) is 26.8 Å². The van der Waals surface area contributed by atoms with Gasteiger partial charge in [-0.05, 0) is 43.2 Å².